The highest BCUT2D eigenvalue weighted by Gasteiger charge is 1.93. The molecule has 0 aliphatic heterocycles. The van der Waals surface area contributed by atoms with Crippen molar-refractivity contribution in [3.8, 4) is 0 Å². The number of ether oxygens (including phenoxy) is 1. The van der Waals surface area contributed by atoms with Gasteiger partial charge in [0, 0.05) is 42.7 Å². The van der Waals surface area contributed by atoms with Crippen LogP contribution in [-0.2, 0) is 4.74 Å². The highest BCUT2D eigenvalue weighted by atomic mass is 127. The first kappa shape index (κ1) is 12.6. The van der Waals surface area contributed by atoms with Gasteiger partial charge in [0.1, 0.15) is 0 Å². The Kier molecular flexibility index (Phi) is 6.53. The van der Waals surface area contributed by atoms with Crippen LogP contribution in [0.1, 0.15) is 0 Å². The molecule has 0 aliphatic carbocycles. The molecule has 5 nitrogen and oxygen atoms in total. The lowest BCUT2D eigenvalue weighted by molar-refractivity contribution is 0.200. The van der Waals surface area contributed by atoms with Crippen molar-refractivity contribution in [1.29, 1.82) is 0 Å². The van der Waals surface area contributed by atoms with Gasteiger partial charge in [0.15, 0.2) is 0 Å². The van der Waals surface area contributed by atoms with Gasteiger partial charge in [-0.25, -0.2) is 9.97 Å². The van der Waals surface area contributed by atoms with Crippen molar-refractivity contribution in [1.82, 2.24) is 15.3 Å². The van der Waals surface area contributed by atoms with E-state index in [1.165, 1.54) is 0 Å². The summed E-state index contributed by atoms with van der Waals surface area (Å²) in [5.74, 6) is 0.670. The topological polar surface area (TPSA) is 59.1 Å². The standard InChI is InChI=1S/C9H15IN4O/c1-15-5-4-11-2-3-12-9-13-6-8(10)7-14-9/h6-7,11H,2-5H2,1H3,(H,12,13,14). The molecule has 2 N–H and O–H groups in total. The van der Waals surface area contributed by atoms with Crippen molar-refractivity contribution < 1.29 is 4.74 Å². The molecule has 1 heterocycles. The summed E-state index contributed by atoms with van der Waals surface area (Å²) in [7, 11) is 1.69. The van der Waals surface area contributed by atoms with E-state index in [0.717, 1.165) is 29.8 Å². The second kappa shape index (κ2) is 7.77. The Morgan fingerprint density at radius 2 is 2.00 bits per heavy atom. The van der Waals surface area contributed by atoms with Gasteiger partial charge in [-0.15, -0.1) is 0 Å². The first-order valence-corrected chi connectivity index (χ1v) is 5.82. The second-order valence-corrected chi connectivity index (χ2v) is 4.14. The minimum absolute atomic E-state index is 0.670. The molecule has 0 spiro atoms. The highest BCUT2D eigenvalue weighted by Crippen LogP contribution is 2.01. The third-order valence-electron chi connectivity index (χ3n) is 1.69. The smallest absolute Gasteiger partial charge is 0.222 e. The molecule has 6 heteroatoms. The van der Waals surface area contributed by atoms with Crippen LogP contribution in [0.5, 0.6) is 0 Å². The number of halogens is 1. The molecular weight excluding hydrogens is 307 g/mol. The Morgan fingerprint density at radius 1 is 1.27 bits per heavy atom. The van der Waals surface area contributed by atoms with Gasteiger partial charge in [-0.3, -0.25) is 0 Å². The molecule has 1 aromatic rings. The quantitative estimate of drug-likeness (QED) is 0.573. The van der Waals surface area contributed by atoms with Gasteiger partial charge in [0.05, 0.1) is 6.61 Å². The van der Waals surface area contributed by atoms with Crippen LogP contribution in [0.3, 0.4) is 0 Å². The van der Waals surface area contributed by atoms with E-state index < -0.39 is 0 Å². The zero-order chi connectivity index (χ0) is 10.9. The monoisotopic (exact) mass is 322 g/mol. The maximum Gasteiger partial charge on any atom is 0.222 e. The fourth-order valence-electron chi connectivity index (χ4n) is 0.965. The number of hydrogen-bond donors (Lipinski definition) is 2. The number of aromatic nitrogens is 2. The average Bonchev–Trinajstić information content (AvgIpc) is 2.26. The molecule has 1 aromatic heterocycles. The molecule has 0 amide bonds. The van der Waals surface area contributed by atoms with Gasteiger partial charge in [-0.2, -0.15) is 0 Å². The van der Waals surface area contributed by atoms with E-state index in [0.29, 0.717) is 5.95 Å². The molecule has 0 fully saturated rings. The minimum Gasteiger partial charge on any atom is -0.383 e. The van der Waals surface area contributed by atoms with Gasteiger partial charge >= 0.3 is 0 Å². The summed E-state index contributed by atoms with van der Waals surface area (Å²) < 4.78 is 5.95. The summed E-state index contributed by atoms with van der Waals surface area (Å²) in [6.45, 7) is 3.29. The van der Waals surface area contributed by atoms with Crippen LogP contribution >= 0.6 is 22.6 Å². The predicted molar refractivity (Wildman–Crippen MR) is 68.0 cm³/mol. The number of hydrogen-bond acceptors (Lipinski definition) is 5. The summed E-state index contributed by atoms with van der Waals surface area (Å²) in [4.78, 5) is 8.26. The van der Waals surface area contributed by atoms with Crippen LogP contribution in [0, 0.1) is 3.57 Å². The largest absolute Gasteiger partial charge is 0.383 e. The molecule has 0 unspecified atom stereocenters. The predicted octanol–water partition coefficient (Wildman–Crippen LogP) is 0.729. The van der Waals surface area contributed by atoms with E-state index in [2.05, 4.69) is 43.2 Å². The zero-order valence-electron chi connectivity index (χ0n) is 8.66. The average molecular weight is 322 g/mol. The summed E-state index contributed by atoms with van der Waals surface area (Å²) >= 11 is 2.18. The zero-order valence-corrected chi connectivity index (χ0v) is 10.8. The molecule has 84 valence electrons. The Labute approximate surface area is 103 Å². The van der Waals surface area contributed by atoms with E-state index in [1.807, 2.05) is 0 Å². The van der Waals surface area contributed by atoms with Crippen molar-refractivity contribution in [3.63, 3.8) is 0 Å². The van der Waals surface area contributed by atoms with E-state index >= 15 is 0 Å². The maximum absolute atomic E-state index is 4.91. The summed E-state index contributed by atoms with van der Waals surface area (Å²) in [5, 5.41) is 6.34. The lowest BCUT2D eigenvalue weighted by Gasteiger charge is -2.05. The molecule has 1 rings (SSSR count). The Bertz CT molecular complexity index is 267. The number of nitrogens with one attached hydrogen (secondary N) is 2. The summed E-state index contributed by atoms with van der Waals surface area (Å²) in [5.41, 5.74) is 0. The molecule has 0 radical (unpaired) electrons. The molecule has 0 bridgehead atoms. The number of methoxy groups -OCH3 is 1. The minimum atomic E-state index is 0.670. The third-order valence-corrected chi connectivity index (χ3v) is 2.25. The third kappa shape index (κ3) is 5.85. The van der Waals surface area contributed by atoms with Crippen LogP contribution in [0.4, 0.5) is 5.95 Å². The van der Waals surface area contributed by atoms with E-state index in [1.54, 1.807) is 19.5 Å². The lowest BCUT2D eigenvalue weighted by Crippen LogP contribution is -2.25. The Hall–Kier alpha value is -0.470. The Morgan fingerprint density at radius 3 is 2.67 bits per heavy atom. The van der Waals surface area contributed by atoms with Crippen LogP contribution in [0.25, 0.3) is 0 Å². The number of anilines is 1. The first-order valence-electron chi connectivity index (χ1n) is 4.74. The summed E-state index contributed by atoms with van der Waals surface area (Å²) in [6.07, 6.45) is 3.57. The van der Waals surface area contributed by atoms with Crippen LogP contribution in [0.15, 0.2) is 12.4 Å². The molecule has 15 heavy (non-hydrogen) atoms. The fraction of sp³-hybridized carbons (Fsp3) is 0.556. The van der Waals surface area contributed by atoms with Gasteiger partial charge in [0.25, 0.3) is 0 Å². The lowest BCUT2D eigenvalue weighted by atomic mass is 10.5. The number of nitrogens with zero attached hydrogens (tertiary/aromatic N) is 2. The normalized spacial score (nSPS) is 10.3. The fourth-order valence-corrected chi connectivity index (χ4v) is 1.24. The molecule has 0 aliphatic rings. The van der Waals surface area contributed by atoms with Gasteiger partial charge in [-0.1, -0.05) is 0 Å². The number of rotatable bonds is 7. The van der Waals surface area contributed by atoms with E-state index in [-0.39, 0.29) is 0 Å². The van der Waals surface area contributed by atoms with Crippen molar-refractivity contribution in [3.05, 3.63) is 16.0 Å². The molecular formula is C9H15IN4O. The highest BCUT2D eigenvalue weighted by molar-refractivity contribution is 14.1. The van der Waals surface area contributed by atoms with Crippen molar-refractivity contribution in [2.45, 2.75) is 0 Å². The van der Waals surface area contributed by atoms with Crippen LogP contribution in [0.2, 0.25) is 0 Å². The maximum atomic E-state index is 4.91. The van der Waals surface area contributed by atoms with Crippen LogP contribution < -0.4 is 10.6 Å². The SMILES string of the molecule is COCCNCCNc1ncc(I)cn1. The van der Waals surface area contributed by atoms with Gasteiger partial charge < -0.3 is 15.4 Å². The molecule has 0 aromatic carbocycles. The molecule has 0 saturated carbocycles. The summed E-state index contributed by atoms with van der Waals surface area (Å²) in [6, 6.07) is 0. The van der Waals surface area contributed by atoms with Gasteiger partial charge in [-0.05, 0) is 22.6 Å². The van der Waals surface area contributed by atoms with Crippen molar-refractivity contribution >= 4 is 28.5 Å². The molecule has 0 atom stereocenters. The first-order chi connectivity index (χ1) is 7.33. The van der Waals surface area contributed by atoms with Crippen molar-refractivity contribution in [2.24, 2.45) is 0 Å². The molecule has 0 saturated heterocycles. The van der Waals surface area contributed by atoms with Crippen molar-refractivity contribution in [2.75, 3.05) is 38.7 Å². The van der Waals surface area contributed by atoms with E-state index in [9.17, 15) is 0 Å². The van der Waals surface area contributed by atoms with E-state index in [4.69, 9.17) is 4.74 Å². The second-order valence-electron chi connectivity index (χ2n) is 2.89. The van der Waals surface area contributed by atoms with Crippen LogP contribution in [-0.4, -0.2) is 43.3 Å². The van der Waals surface area contributed by atoms with Gasteiger partial charge in [0.2, 0.25) is 5.95 Å². The Balaban J connectivity index is 2.07.